The number of ether oxygens (including phenoxy) is 1. The van der Waals surface area contributed by atoms with Gasteiger partial charge in [0.25, 0.3) is 0 Å². The van der Waals surface area contributed by atoms with Crippen molar-refractivity contribution < 1.29 is 19.4 Å². The molecule has 1 aliphatic carbocycles. The fourth-order valence-corrected chi connectivity index (χ4v) is 1.62. The van der Waals surface area contributed by atoms with Crippen LogP contribution in [0.15, 0.2) is 12.2 Å². The van der Waals surface area contributed by atoms with Crippen molar-refractivity contribution in [3.05, 3.63) is 12.2 Å². The van der Waals surface area contributed by atoms with Crippen LogP contribution in [0.25, 0.3) is 0 Å². The molecule has 1 aliphatic rings. The van der Waals surface area contributed by atoms with Gasteiger partial charge in [-0.1, -0.05) is 12.2 Å². The second kappa shape index (κ2) is 6.90. The third kappa shape index (κ3) is 4.86. The summed E-state index contributed by atoms with van der Waals surface area (Å²) in [5, 5.41) is 11.5. The number of nitrogens with one attached hydrogen (secondary N) is 1. The van der Waals surface area contributed by atoms with Gasteiger partial charge in [-0.2, -0.15) is 0 Å². The van der Waals surface area contributed by atoms with Gasteiger partial charge in [0, 0.05) is 19.7 Å². The third-order valence-electron chi connectivity index (χ3n) is 2.51. The van der Waals surface area contributed by atoms with E-state index in [1.807, 2.05) is 12.2 Å². The second-order valence-corrected chi connectivity index (χ2v) is 3.90. The summed E-state index contributed by atoms with van der Waals surface area (Å²) in [6, 6.07) is -0.264. The number of carboxylic acid groups (broad SMARTS) is 1. The quantitative estimate of drug-likeness (QED) is 0.663. The van der Waals surface area contributed by atoms with Crippen LogP contribution in [0.5, 0.6) is 0 Å². The highest BCUT2D eigenvalue weighted by molar-refractivity contribution is 5.80. The molecule has 0 atom stereocenters. The summed E-state index contributed by atoms with van der Waals surface area (Å²) in [7, 11) is 1.51. The van der Waals surface area contributed by atoms with E-state index >= 15 is 0 Å². The molecular formula is C11H18N2O4. The molecule has 6 nitrogen and oxygen atoms in total. The molecule has 0 aromatic carbocycles. The van der Waals surface area contributed by atoms with Crippen LogP contribution in [0.4, 0.5) is 4.79 Å². The van der Waals surface area contributed by atoms with Gasteiger partial charge in [0.05, 0.1) is 6.61 Å². The zero-order valence-electron chi connectivity index (χ0n) is 9.89. The number of methoxy groups -OCH3 is 1. The van der Waals surface area contributed by atoms with Gasteiger partial charge in [-0.05, 0) is 12.8 Å². The summed E-state index contributed by atoms with van der Waals surface area (Å²) in [5.41, 5.74) is 0. The standard InChI is InChI=1S/C11H18N2O4/c1-17-7-6-13(8-10(14)15)11(16)12-9-4-2-3-5-9/h2-3,9H,4-8H2,1H3,(H,12,16)(H,14,15). The Morgan fingerprint density at radius 2 is 2.12 bits per heavy atom. The molecule has 0 saturated carbocycles. The zero-order chi connectivity index (χ0) is 12.7. The van der Waals surface area contributed by atoms with Crippen molar-refractivity contribution in [3.63, 3.8) is 0 Å². The monoisotopic (exact) mass is 242 g/mol. The van der Waals surface area contributed by atoms with Crippen LogP contribution >= 0.6 is 0 Å². The van der Waals surface area contributed by atoms with Crippen molar-refractivity contribution in [2.24, 2.45) is 0 Å². The molecule has 0 aromatic rings. The number of hydrogen-bond acceptors (Lipinski definition) is 3. The fourth-order valence-electron chi connectivity index (χ4n) is 1.62. The van der Waals surface area contributed by atoms with Crippen LogP contribution in [0.3, 0.4) is 0 Å². The smallest absolute Gasteiger partial charge is 0.323 e. The van der Waals surface area contributed by atoms with Crippen molar-refractivity contribution in [2.75, 3.05) is 26.8 Å². The lowest BCUT2D eigenvalue weighted by Crippen LogP contribution is -2.47. The van der Waals surface area contributed by atoms with Crippen LogP contribution in [-0.2, 0) is 9.53 Å². The van der Waals surface area contributed by atoms with Gasteiger partial charge in [0.15, 0.2) is 0 Å². The lowest BCUT2D eigenvalue weighted by Gasteiger charge is -2.23. The average molecular weight is 242 g/mol. The summed E-state index contributed by atoms with van der Waals surface area (Å²) in [5.74, 6) is -1.03. The number of nitrogens with zero attached hydrogens (tertiary/aromatic N) is 1. The maximum absolute atomic E-state index is 11.8. The van der Waals surface area contributed by atoms with Gasteiger partial charge >= 0.3 is 12.0 Å². The predicted molar refractivity (Wildman–Crippen MR) is 61.8 cm³/mol. The van der Waals surface area contributed by atoms with Crippen LogP contribution in [0, 0.1) is 0 Å². The summed E-state index contributed by atoms with van der Waals surface area (Å²) in [4.78, 5) is 23.7. The van der Waals surface area contributed by atoms with Gasteiger partial charge in [-0.3, -0.25) is 4.79 Å². The van der Waals surface area contributed by atoms with Crippen molar-refractivity contribution in [1.29, 1.82) is 0 Å². The van der Waals surface area contributed by atoms with Crippen LogP contribution in [-0.4, -0.2) is 54.9 Å². The normalized spacial score (nSPS) is 14.9. The number of urea groups is 1. The first-order valence-corrected chi connectivity index (χ1v) is 5.54. The Morgan fingerprint density at radius 3 is 2.65 bits per heavy atom. The SMILES string of the molecule is COCCN(CC(=O)O)C(=O)NC1CC=CC1. The summed E-state index contributed by atoms with van der Waals surface area (Å²) < 4.78 is 4.85. The minimum Gasteiger partial charge on any atom is -0.480 e. The molecule has 0 saturated heterocycles. The van der Waals surface area contributed by atoms with E-state index in [0.29, 0.717) is 6.61 Å². The highest BCUT2D eigenvalue weighted by Crippen LogP contribution is 2.09. The molecule has 0 bridgehead atoms. The largest absolute Gasteiger partial charge is 0.480 e. The first kappa shape index (κ1) is 13.5. The van der Waals surface area contributed by atoms with E-state index in [-0.39, 0.29) is 25.2 Å². The lowest BCUT2D eigenvalue weighted by molar-refractivity contribution is -0.137. The number of hydrogen-bond donors (Lipinski definition) is 2. The van der Waals surface area contributed by atoms with Crippen LogP contribution in [0.1, 0.15) is 12.8 Å². The Labute approximate surface area is 100 Å². The van der Waals surface area contributed by atoms with Crippen molar-refractivity contribution >= 4 is 12.0 Å². The van der Waals surface area contributed by atoms with Crippen molar-refractivity contribution in [1.82, 2.24) is 10.2 Å². The molecule has 2 N–H and O–H groups in total. The predicted octanol–water partition coefficient (Wildman–Crippen LogP) is 0.448. The number of carbonyl (C=O) groups is 2. The Balaban J connectivity index is 2.42. The minimum atomic E-state index is -1.03. The Kier molecular flexibility index (Phi) is 5.48. The van der Waals surface area contributed by atoms with E-state index < -0.39 is 5.97 Å². The molecule has 17 heavy (non-hydrogen) atoms. The number of carbonyl (C=O) groups excluding carboxylic acids is 1. The third-order valence-corrected chi connectivity index (χ3v) is 2.51. The maximum atomic E-state index is 11.8. The number of carboxylic acids is 1. The van der Waals surface area contributed by atoms with Gasteiger partial charge in [-0.15, -0.1) is 0 Å². The second-order valence-electron chi connectivity index (χ2n) is 3.90. The first-order chi connectivity index (χ1) is 8.13. The number of rotatable bonds is 6. The fraction of sp³-hybridized carbons (Fsp3) is 0.636. The molecule has 0 aliphatic heterocycles. The summed E-state index contributed by atoms with van der Waals surface area (Å²) >= 11 is 0. The molecule has 0 aromatic heterocycles. The molecule has 2 amide bonds. The highest BCUT2D eigenvalue weighted by atomic mass is 16.5. The van der Waals surface area contributed by atoms with Gasteiger partial charge in [0.1, 0.15) is 6.54 Å². The Hall–Kier alpha value is -1.56. The van der Waals surface area contributed by atoms with Gasteiger partial charge < -0.3 is 20.1 Å². The molecule has 0 fully saturated rings. The van der Waals surface area contributed by atoms with Crippen molar-refractivity contribution in [3.8, 4) is 0 Å². The average Bonchev–Trinajstić information content (AvgIpc) is 2.76. The number of aliphatic carboxylic acids is 1. The Morgan fingerprint density at radius 1 is 1.47 bits per heavy atom. The molecule has 0 heterocycles. The lowest BCUT2D eigenvalue weighted by atomic mass is 10.2. The maximum Gasteiger partial charge on any atom is 0.323 e. The zero-order valence-corrected chi connectivity index (χ0v) is 9.89. The molecule has 0 radical (unpaired) electrons. The van der Waals surface area contributed by atoms with Crippen LogP contribution < -0.4 is 5.32 Å². The van der Waals surface area contributed by atoms with E-state index in [2.05, 4.69) is 5.32 Å². The molecule has 0 unspecified atom stereocenters. The Bertz CT molecular complexity index is 296. The molecule has 0 spiro atoms. The van der Waals surface area contributed by atoms with Crippen molar-refractivity contribution in [2.45, 2.75) is 18.9 Å². The van der Waals surface area contributed by atoms with E-state index in [1.165, 1.54) is 12.0 Å². The summed E-state index contributed by atoms with van der Waals surface area (Å²) in [6.07, 6.45) is 5.61. The topological polar surface area (TPSA) is 78.9 Å². The first-order valence-electron chi connectivity index (χ1n) is 5.54. The van der Waals surface area contributed by atoms with Gasteiger partial charge in [0.2, 0.25) is 0 Å². The molecule has 1 rings (SSSR count). The molecule has 6 heteroatoms. The number of amides is 2. The van der Waals surface area contributed by atoms with Crippen LogP contribution in [0.2, 0.25) is 0 Å². The van der Waals surface area contributed by atoms with Gasteiger partial charge in [-0.25, -0.2) is 4.79 Å². The van der Waals surface area contributed by atoms with E-state index in [0.717, 1.165) is 12.8 Å². The minimum absolute atomic E-state index is 0.0846. The van der Waals surface area contributed by atoms with E-state index in [1.54, 1.807) is 0 Å². The molecule has 96 valence electrons. The summed E-state index contributed by atoms with van der Waals surface area (Å²) in [6.45, 7) is 0.285. The van der Waals surface area contributed by atoms with E-state index in [9.17, 15) is 9.59 Å². The highest BCUT2D eigenvalue weighted by Gasteiger charge is 2.20. The molecular weight excluding hydrogens is 224 g/mol. The van der Waals surface area contributed by atoms with E-state index in [4.69, 9.17) is 9.84 Å².